The van der Waals surface area contributed by atoms with Gasteiger partial charge in [-0.05, 0) is 36.4 Å². The van der Waals surface area contributed by atoms with Crippen LogP contribution in [0, 0.1) is 11.3 Å². The lowest BCUT2D eigenvalue weighted by Gasteiger charge is -2.25. The van der Waals surface area contributed by atoms with Crippen LogP contribution < -0.4 is 5.56 Å². The van der Waals surface area contributed by atoms with Gasteiger partial charge in [-0.25, -0.2) is 9.50 Å². The second-order valence-electron chi connectivity index (χ2n) is 6.74. The van der Waals surface area contributed by atoms with E-state index in [0.29, 0.717) is 23.4 Å². The molecule has 2 aromatic heterocycles. The molecule has 1 unspecified atom stereocenters. The van der Waals surface area contributed by atoms with Crippen LogP contribution in [0.1, 0.15) is 29.8 Å². The molecule has 6 nitrogen and oxygen atoms in total. The number of nitriles is 1. The van der Waals surface area contributed by atoms with Gasteiger partial charge in [0.25, 0.3) is 5.56 Å². The molecule has 2 aromatic carbocycles. The highest BCUT2D eigenvalue weighted by Gasteiger charge is 2.15. The third-order valence-corrected chi connectivity index (χ3v) is 5.00. The fourth-order valence-corrected chi connectivity index (χ4v) is 3.31. The summed E-state index contributed by atoms with van der Waals surface area (Å²) in [6.07, 6.45) is 1.49. The highest BCUT2D eigenvalue weighted by molar-refractivity contribution is 5.83. The Bertz CT molecular complexity index is 1230. The van der Waals surface area contributed by atoms with Crippen LogP contribution in [0.3, 0.4) is 0 Å². The highest BCUT2D eigenvalue weighted by Crippen LogP contribution is 2.24. The molecule has 0 fully saturated rings. The van der Waals surface area contributed by atoms with Crippen molar-refractivity contribution in [2.75, 3.05) is 7.05 Å². The summed E-state index contributed by atoms with van der Waals surface area (Å²) in [5, 5.41) is 14.4. The van der Waals surface area contributed by atoms with E-state index < -0.39 is 0 Å². The number of nitrogens with zero attached hydrogens (tertiary/aromatic N) is 4. The second-order valence-corrected chi connectivity index (χ2v) is 6.74. The van der Waals surface area contributed by atoms with Crippen molar-refractivity contribution in [3.8, 4) is 6.07 Å². The molecule has 0 aliphatic rings. The molecule has 0 bridgehead atoms. The van der Waals surface area contributed by atoms with Gasteiger partial charge in [-0.3, -0.25) is 14.8 Å². The first-order valence-corrected chi connectivity index (χ1v) is 8.76. The minimum Gasteiger partial charge on any atom is -0.295 e. The van der Waals surface area contributed by atoms with Crippen LogP contribution in [0.4, 0.5) is 0 Å². The van der Waals surface area contributed by atoms with E-state index >= 15 is 0 Å². The molecule has 1 atom stereocenters. The van der Waals surface area contributed by atoms with Crippen LogP contribution >= 0.6 is 0 Å². The number of H-pyrrole nitrogens is 1. The molecule has 2 heterocycles. The number of hydrogen-bond acceptors (Lipinski definition) is 4. The average molecular weight is 357 g/mol. The van der Waals surface area contributed by atoms with Crippen molar-refractivity contribution in [1.82, 2.24) is 19.5 Å². The molecule has 0 saturated heterocycles. The summed E-state index contributed by atoms with van der Waals surface area (Å²) < 4.78 is 1.29. The number of aromatic amines is 1. The zero-order valence-electron chi connectivity index (χ0n) is 15.2. The van der Waals surface area contributed by atoms with Gasteiger partial charge in [-0.2, -0.15) is 5.26 Å². The van der Waals surface area contributed by atoms with Crippen LogP contribution in [-0.4, -0.2) is 26.5 Å². The maximum atomic E-state index is 12.3. The van der Waals surface area contributed by atoms with E-state index in [0.717, 1.165) is 0 Å². The number of rotatable bonds is 4. The maximum absolute atomic E-state index is 12.3. The number of nitrogens with one attached hydrogen (secondary N) is 1. The largest absolute Gasteiger partial charge is 0.295 e. The van der Waals surface area contributed by atoms with Crippen molar-refractivity contribution >= 4 is 16.4 Å². The molecule has 0 amide bonds. The molecule has 0 spiro atoms. The Balaban J connectivity index is 1.62. The van der Waals surface area contributed by atoms with E-state index in [1.54, 1.807) is 0 Å². The first-order valence-electron chi connectivity index (χ1n) is 8.76. The highest BCUT2D eigenvalue weighted by atomic mass is 16.1. The summed E-state index contributed by atoms with van der Waals surface area (Å²) in [6, 6.07) is 18.5. The van der Waals surface area contributed by atoms with Crippen LogP contribution in [0.25, 0.3) is 16.4 Å². The van der Waals surface area contributed by atoms with Gasteiger partial charge in [0.2, 0.25) is 0 Å². The molecule has 0 radical (unpaired) electrons. The topological polar surface area (TPSA) is 77.2 Å². The van der Waals surface area contributed by atoms with E-state index in [-0.39, 0.29) is 11.6 Å². The molecule has 0 aliphatic carbocycles. The van der Waals surface area contributed by atoms with E-state index in [1.165, 1.54) is 33.1 Å². The summed E-state index contributed by atoms with van der Waals surface area (Å²) >= 11 is 0. The lowest BCUT2D eigenvalue weighted by molar-refractivity contribution is 0.250. The fraction of sp³-hybridized carbons (Fsp3) is 0.190. The Kier molecular flexibility index (Phi) is 4.22. The molecule has 1 N–H and O–H groups in total. The third kappa shape index (κ3) is 3.09. The predicted molar refractivity (Wildman–Crippen MR) is 104 cm³/mol. The predicted octanol–water partition coefficient (Wildman–Crippen LogP) is 3.24. The third-order valence-electron chi connectivity index (χ3n) is 5.00. The maximum Gasteiger partial charge on any atom is 0.272 e. The summed E-state index contributed by atoms with van der Waals surface area (Å²) in [5.41, 5.74) is 2.36. The summed E-state index contributed by atoms with van der Waals surface area (Å²) in [7, 11) is 2.01. The average Bonchev–Trinajstić information content (AvgIpc) is 3.10. The van der Waals surface area contributed by atoms with Crippen molar-refractivity contribution in [3.63, 3.8) is 0 Å². The number of benzene rings is 2. The molecule has 0 saturated carbocycles. The normalized spacial score (nSPS) is 12.5. The molecule has 4 rings (SSSR count). The molecule has 27 heavy (non-hydrogen) atoms. The second kappa shape index (κ2) is 6.71. The molecular weight excluding hydrogens is 338 g/mol. The monoisotopic (exact) mass is 357 g/mol. The van der Waals surface area contributed by atoms with Crippen molar-refractivity contribution in [2.45, 2.75) is 19.5 Å². The summed E-state index contributed by atoms with van der Waals surface area (Å²) in [5.74, 6) is 0. The smallest absolute Gasteiger partial charge is 0.272 e. The molecule has 0 aliphatic heterocycles. The van der Waals surface area contributed by atoms with E-state index in [2.05, 4.69) is 58.3 Å². The van der Waals surface area contributed by atoms with E-state index in [9.17, 15) is 10.1 Å². The molecule has 4 aromatic rings. The van der Waals surface area contributed by atoms with Crippen molar-refractivity contribution in [1.29, 1.82) is 5.26 Å². The number of fused-ring (bicyclic) bond motifs is 2. The minimum atomic E-state index is -0.219. The van der Waals surface area contributed by atoms with Crippen molar-refractivity contribution in [3.05, 3.63) is 81.9 Å². The van der Waals surface area contributed by atoms with Gasteiger partial charge < -0.3 is 0 Å². The fourth-order valence-electron chi connectivity index (χ4n) is 3.31. The lowest BCUT2D eigenvalue weighted by Crippen LogP contribution is -2.24. The van der Waals surface area contributed by atoms with Crippen molar-refractivity contribution < 1.29 is 0 Å². The summed E-state index contributed by atoms with van der Waals surface area (Å²) in [4.78, 5) is 18.9. The van der Waals surface area contributed by atoms with Crippen LogP contribution in [-0.2, 0) is 6.54 Å². The number of hydrogen-bond donors (Lipinski definition) is 1. The Morgan fingerprint density at radius 1 is 1.22 bits per heavy atom. The Morgan fingerprint density at radius 3 is 2.78 bits per heavy atom. The minimum absolute atomic E-state index is 0.150. The molecule has 6 heteroatoms. The van der Waals surface area contributed by atoms with Gasteiger partial charge in [0.05, 0.1) is 5.69 Å². The van der Waals surface area contributed by atoms with Crippen LogP contribution in [0.5, 0.6) is 0 Å². The SMILES string of the molecule is CC(c1ccc2ccccc2c1)N(C)Cc1cc(=O)n2[nH]cc(C#N)c2n1. The molecular formula is C21H19N5O. The first-order chi connectivity index (χ1) is 13.1. The zero-order valence-corrected chi connectivity index (χ0v) is 15.2. The zero-order chi connectivity index (χ0) is 19.0. The van der Waals surface area contributed by atoms with Gasteiger partial charge in [0.15, 0.2) is 5.65 Å². The van der Waals surface area contributed by atoms with Gasteiger partial charge in [-0.1, -0.05) is 36.4 Å². The standard InChI is InChI=1S/C21H19N5O/c1-14(16-8-7-15-5-3-4-6-17(15)9-16)25(2)13-19-10-20(27)26-21(24-19)18(11-22)12-23-26/h3-10,12,14,23H,13H2,1-2H3. The van der Waals surface area contributed by atoms with Crippen LogP contribution in [0.2, 0.25) is 0 Å². The van der Waals surface area contributed by atoms with Crippen LogP contribution in [0.15, 0.2) is 59.5 Å². The quantitative estimate of drug-likeness (QED) is 0.608. The van der Waals surface area contributed by atoms with E-state index in [1.807, 2.05) is 19.2 Å². The summed E-state index contributed by atoms with van der Waals surface area (Å²) in [6.45, 7) is 2.64. The Morgan fingerprint density at radius 2 is 2.00 bits per heavy atom. The Hall–Kier alpha value is -3.43. The van der Waals surface area contributed by atoms with Crippen molar-refractivity contribution in [2.24, 2.45) is 0 Å². The van der Waals surface area contributed by atoms with E-state index in [4.69, 9.17) is 0 Å². The number of aromatic nitrogens is 3. The van der Waals surface area contributed by atoms with Gasteiger partial charge in [0.1, 0.15) is 11.6 Å². The lowest BCUT2D eigenvalue weighted by atomic mass is 10.0. The first kappa shape index (κ1) is 17.0. The Labute approximate surface area is 156 Å². The van der Waals surface area contributed by atoms with Gasteiger partial charge >= 0.3 is 0 Å². The van der Waals surface area contributed by atoms with Gasteiger partial charge in [-0.15, -0.1) is 0 Å². The van der Waals surface area contributed by atoms with Gasteiger partial charge in [0, 0.05) is 24.8 Å². The molecule has 134 valence electrons.